The molecule has 1 aliphatic heterocycles. The molecular formula is C26H30F2N6O2. The molecule has 0 unspecified atom stereocenters. The molecule has 1 fully saturated rings. The Morgan fingerprint density at radius 3 is 2.56 bits per heavy atom. The Balaban J connectivity index is 1.60. The van der Waals surface area contributed by atoms with Crippen LogP contribution in [-0.4, -0.2) is 54.1 Å². The molecular weight excluding hydrogens is 466 g/mol. The van der Waals surface area contributed by atoms with Crippen LogP contribution in [-0.2, 0) is 11.3 Å². The van der Waals surface area contributed by atoms with Gasteiger partial charge in [-0.15, -0.1) is 0 Å². The van der Waals surface area contributed by atoms with Crippen LogP contribution in [0.5, 0.6) is 5.75 Å². The van der Waals surface area contributed by atoms with Gasteiger partial charge in [0.05, 0.1) is 23.6 Å². The lowest BCUT2D eigenvalue weighted by molar-refractivity contribution is -0.119. The first kappa shape index (κ1) is 25.3. The molecule has 0 aliphatic carbocycles. The molecule has 1 N–H and O–H groups in total. The molecule has 1 aliphatic rings. The highest BCUT2D eigenvalue weighted by molar-refractivity contribution is 5.73. The summed E-state index contributed by atoms with van der Waals surface area (Å²) in [6.45, 7) is 4.84. The normalized spacial score (nSPS) is 14.0. The number of carbonyl (C=O) groups is 1. The Labute approximate surface area is 209 Å². The fourth-order valence-electron chi connectivity index (χ4n) is 4.05. The lowest BCUT2D eigenvalue weighted by Gasteiger charge is -2.34. The van der Waals surface area contributed by atoms with Gasteiger partial charge in [-0.1, -0.05) is 6.07 Å². The largest absolute Gasteiger partial charge is 0.487 e. The second-order valence-corrected chi connectivity index (χ2v) is 8.99. The van der Waals surface area contributed by atoms with Gasteiger partial charge in [0.25, 0.3) is 0 Å². The predicted octanol–water partition coefficient (Wildman–Crippen LogP) is 3.88. The van der Waals surface area contributed by atoms with E-state index in [1.807, 2.05) is 44.1 Å². The number of piperidine rings is 1. The first-order chi connectivity index (χ1) is 17.2. The van der Waals surface area contributed by atoms with Gasteiger partial charge in [0.2, 0.25) is 5.91 Å². The van der Waals surface area contributed by atoms with Crippen LogP contribution in [0.3, 0.4) is 0 Å². The highest BCUT2D eigenvalue weighted by Gasteiger charge is 2.26. The molecule has 8 nitrogen and oxygen atoms in total. The number of pyridine rings is 1. The summed E-state index contributed by atoms with van der Waals surface area (Å²) in [6, 6.07) is 9.07. The molecule has 1 saturated heterocycles. The van der Waals surface area contributed by atoms with Crippen molar-refractivity contribution in [2.24, 2.45) is 0 Å². The van der Waals surface area contributed by atoms with E-state index in [1.165, 1.54) is 19.1 Å². The van der Waals surface area contributed by atoms with Crippen LogP contribution in [0.25, 0.3) is 11.4 Å². The number of benzene rings is 1. The van der Waals surface area contributed by atoms with Gasteiger partial charge in [-0.2, -0.15) is 0 Å². The SMILES string of the molecule is CC(=O)NCc1nc(-c2cccc(N(C)C)n2)c(N2CCC(Oc3ccc(F)cc3F)CC2)nc1C. The topological polar surface area (TPSA) is 83.5 Å². The number of ether oxygens (including phenoxy) is 1. The zero-order valence-corrected chi connectivity index (χ0v) is 20.9. The number of carbonyl (C=O) groups excluding carboxylic acids is 1. The van der Waals surface area contributed by atoms with Gasteiger partial charge in [-0.05, 0) is 31.2 Å². The van der Waals surface area contributed by atoms with Crippen molar-refractivity contribution in [1.82, 2.24) is 20.3 Å². The van der Waals surface area contributed by atoms with Gasteiger partial charge in [-0.25, -0.2) is 23.7 Å². The average Bonchev–Trinajstić information content (AvgIpc) is 2.85. The molecule has 0 radical (unpaired) electrons. The van der Waals surface area contributed by atoms with Crippen LogP contribution < -0.4 is 19.9 Å². The van der Waals surface area contributed by atoms with Gasteiger partial charge in [0.15, 0.2) is 17.4 Å². The minimum Gasteiger partial charge on any atom is -0.487 e. The van der Waals surface area contributed by atoms with E-state index in [2.05, 4.69) is 10.2 Å². The van der Waals surface area contributed by atoms with Crippen molar-refractivity contribution >= 4 is 17.5 Å². The number of amides is 1. The maximum absolute atomic E-state index is 14.0. The molecule has 0 atom stereocenters. The summed E-state index contributed by atoms with van der Waals surface area (Å²) >= 11 is 0. The van der Waals surface area contributed by atoms with Crippen molar-refractivity contribution in [3.63, 3.8) is 0 Å². The smallest absolute Gasteiger partial charge is 0.217 e. The van der Waals surface area contributed by atoms with Gasteiger partial charge >= 0.3 is 0 Å². The summed E-state index contributed by atoms with van der Waals surface area (Å²) in [7, 11) is 3.84. The minimum absolute atomic E-state index is 0.0539. The summed E-state index contributed by atoms with van der Waals surface area (Å²) in [5.41, 5.74) is 2.71. The second-order valence-electron chi connectivity index (χ2n) is 8.99. The molecule has 190 valence electrons. The standard InChI is InChI=1S/C26H30F2N6O2/c1-16-22(15-29-17(2)35)32-25(21-6-5-7-24(31-21)33(3)4)26(30-16)34-12-10-19(11-13-34)36-23-9-8-18(27)14-20(23)28/h5-9,14,19H,10-13,15H2,1-4H3,(H,29,35). The molecule has 0 bridgehead atoms. The summed E-state index contributed by atoms with van der Waals surface area (Å²) in [5.74, 6) is 0.0619. The first-order valence-electron chi connectivity index (χ1n) is 11.8. The fourth-order valence-corrected chi connectivity index (χ4v) is 4.05. The molecule has 36 heavy (non-hydrogen) atoms. The zero-order valence-electron chi connectivity index (χ0n) is 20.9. The monoisotopic (exact) mass is 496 g/mol. The lowest BCUT2D eigenvalue weighted by atomic mass is 10.1. The van der Waals surface area contributed by atoms with Crippen molar-refractivity contribution in [3.05, 3.63) is 59.4 Å². The van der Waals surface area contributed by atoms with Crippen LogP contribution in [0.2, 0.25) is 0 Å². The number of halogens is 2. The summed E-state index contributed by atoms with van der Waals surface area (Å²) < 4.78 is 33.1. The Kier molecular flexibility index (Phi) is 7.61. The Hall–Kier alpha value is -3.82. The number of nitrogens with one attached hydrogen (secondary N) is 1. The van der Waals surface area contributed by atoms with Crippen LogP contribution in [0.1, 0.15) is 31.2 Å². The Morgan fingerprint density at radius 1 is 1.14 bits per heavy atom. The van der Waals surface area contributed by atoms with Crippen LogP contribution in [0.15, 0.2) is 36.4 Å². The molecule has 1 aromatic carbocycles. The van der Waals surface area contributed by atoms with Crippen molar-refractivity contribution in [1.29, 1.82) is 0 Å². The van der Waals surface area contributed by atoms with Gasteiger partial charge in [0, 0.05) is 53.0 Å². The van der Waals surface area contributed by atoms with Gasteiger partial charge < -0.3 is 19.9 Å². The molecule has 2 aromatic heterocycles. The van der Waals surface area contributed by atoms with E-state index in [9.17, 15) is 13.6 Å². The van der Waals surface area contributed by atoms with E-state index in [4.69, 9.17) is 19.7 Å². The second kappa shape index (κ2) is 10.8. The van der Waals surface area contributed by atoms with Crippen molar-refractivity contribution in [2.75, 3.05) is 37.0 Å². The van der Waals surface area contributed by atoms with E-state index in [-0.39, 0.29) is 24.3 Å². The highest BCUT2D eigenvalue weighted by atomic mass is 19.1. The molecule has 3 heterocycles. The number of aromatic nitrogens is 3. The van der Waals surface area contributed by atoms with Gasteiger partial charge in [0.1, 0.15) is 23.4 Å². The third-order valence-corrected chi connectivity index (χ3v) is 6.02. The number of anilines is 2. The zero-order chi connectivity index (χ0) is 25.8. The highest BCUT2D eigenvalue weighted by Crippen LogP contribution is 2.31. The number of rotatable bonds is 7. The van der Waals surface area contributed by atoms with Crippen LogP contribution in [0, 0.1) is 18.6 Å². The van der Waals surface area contributed by atoms with Crippen molar-refractivity contribution in [3.8, 4) is 17.1 Å². The minimum atomic E-state index is -0.706. The third-order valence-electron chi connectivity index (χ3n) is 6.02. The number of hydrogen-bond acceptors (Lipinski definition) is 7. The average molecular weight is 497 g/mol. The fraction of sp³-hybridized carbons (Fsp3) is 0.385. The van der Waals surface area contributed by atoms with E-state index < -0.39 is 11.6 Å². The van der Waals surface area contributed by atoms with Crippen LogP contribution in [0.4, 0.5) is 20.4 Å². The maximum Gasteiger partial charge on any atom is 0.217 e. The van der Waals surface area contributed by atoms with Gasteiger partial charge in [-0.3, -0.25) is 4.79 Å². The number of nitrogens with zero attached hydrogens (tertiary/aromatic N) is 5. The predicted molar refractivity (Wildman–Crippen MR) is 134 cm³/mol. The lowest BCUT2D eigenvalue weighted by Crippen LogP contribution is -2.39. The molecule has 3 aromatic rings. The van der Waals surface area contributed by atoms with Crippen molar-refractivity contribution in [2.45, 2.75) is 39.3 Å². The van der Waals surface area contributed by atoms with Crippen LogP contribution >= 0.6 is 0 Å². The molecule has 10 heteroatoms. The molecule has 0 saturated carbocycles. The maximum atomic E-state index is 14.0. The molecule has 1 amide bonds. The van der Waals surface area contributed by atoms with E-state index in [0.29, 0.717) is 48.8 Å². The summed E-state index contributed by atoms with van der Waals surface area (Å²) in [4.78, 5) is 30.0. The first-order valence-corrected chi connectivity index (χ1v) is 11.8. The molecule has 0 spiro atoms. The van der Waals surface area contributed by atoms with Crippen molar-refractivity contribution < 1.29 is 18.3 Å². The summed E-state index contributed by atoms with van der Waals surface area (Å²) in [5, 5.41) is 2.79. The summed E-state index contributed by atoms with van der Waals surface area (Å²) in [6.07, 6.45) is 1.07. The quantitative estimate of drug-likeness (QED) is 0.532. The number of hydrogen-bond donors (Lipinski definition) is 1. The Bertz CT molecular complexity index is 1250. The molecule has 4 rings (SSSR count). The Morgan fingerprint density at radius 2 is 1.89 bits per heavy atom. The van der Waals surface area contributed by atoms with E-state index in [0.717, 1.165) is 17.6 Å². The van der Waals surface area contributed by atoms with E-state index >= 15 is 0 Å². The number of aryl methyl sites for hydroxylation is 1. The van der Waals surface area contributed by atoms with E-state index in [1.54, 1.807) is 0 Å². The third kappa shape index (κ3) is 5.87.